The summed E-state index contributed by atoms with van der Waals surface area (Å²) in [6, 6.07) is 31.0. The van der Waals surface area contributed by atoms with Crippen LogP contribution in [0.1, 0.15) is 23.7 Å². The predicted octanol–water partition coefficient (Wildman–Crippen LogP) is 7.30. The molecular formula is C33H26N4O3. The second kappa shape index (κ2) is 10.8. The monoisotopic (exact) mass is 526 g/mol. The van der Waals surface area contributed by atoms with Crippen molar-refractivity contribution in [3.05, 3.63) is 115 Å². The Morgan fingerprint density at radius 3 is 2.17 bits per heavy atom. The van der Waals surface area contributed by atoms with E-state index in [0.29, 0.717) is 12.3 Å². The molecule has 0 radical (unpaired) electrons. The van der Waals surface area contributed by atoms with Crippen molar-refractivity contribution in [2.24, 2.45) is 0 Å². The molecule has 0 amide bonds. The molecular weight excluding hydrogens is 500 g/mol. The normalized spacial score (nSPS) is 11.0. The topological polar surface area (TPSA) is 90.1 Å². The second-order valence-electron chi connectivity index (χ2n) is 9.39. The third-order valence-corrected chi connectivity index (χ3v) is 6.65. The number of carboxylic acid groups (broad SMARTS) is 1. The summed E-state index contributed by atoms with van der Waals surface area (Å²) in [4.78, 5) is 20.5. The highest BCUT2D eigenvalue weighted by Gasteiger charge is 2.16. The maximum Gasteiger partial charge on any atom is 0.335 e. The van der Waals surface area contributed by atoms with Crippen LogP contribution in [0.4, 0.5) is 0 Å². The molecule has 6 rings (SSSR count). The number of benzene rings is 4. The van der Waals surface area contributed by atoms with E-state index in [-0.39, 0.29) is 5.56 Å². The van der Waals surface area contributed by atoms with Crippen molar-refractivity contribution in [3.8, 4) is 45.1 Å². The quantitative estimate of drug-likeness (QED) is 0.224. The lowest BCUT2D eigenvalue weighted by molar-refractivity contribution is 0.0697. The van der Waals surface area contributed by atoms with Crippen LogP contribution in [0.15, 0.2) is 109 Å². The van der Waals surface area contributed by atoms with Crippen LogP contribution < -0.4 is 4.74 Å². The summed E-state index contributed by atoms with van der Waals surface area (Å²) in [5, 5.41) is 14.5. The summed E-state index contributed by atoms with van der Waals surface area (Å²) >= 11 is 0. The molecule has 196 valence electrons. The molecule has 0 bridgehead atoms. The molecule has 7 nitrogen and oxygen atoms in total. The lowest BCUT2D eigenvalue weighted by Crippen LogP contribution is -2.03. The van der Waals surface area contributed by atoms with E-state index in [1.165, 1.54) is 0 Å². The van der Waals surface area contributed by atoms with Crippen LogP contribution in [-0.4, -0.2) is 37.4 Å². The second-order valence-corrected chi connectivity index (χ2v) is 9.39. The number of carboxylic acids is 1. The Morgan fingerprint density at radius 2 is 1.45 bits per heavy atom. The number of fused-ring (bicyclic) bond motifs is 1. The summed E-state index contributed by atoms with van der Waals surface area (Å²) in [7, 11) is 0. The van der Waals surface area contributed by atoms with Crippen molar-refractivity contribution in [2.75, 3.05) is 6.61 Å². The maximum atomic E-state index is 11.7. The fourth-order valence-electron chi connectivity index (χ4n) is 4.61. The van der Waals surface area contributed by atoms with Crippen LogP contribution in [0.2, 0.25) is 0 Å². The lowest BCUT2D eigenvalue weighted by atomic mass is 10.0. The minimum absolute atomic E-state index is 0.195. The number of ether oxygens (including phenoxy) is 1. The minimum atomic E-state index is -0.989. The Balaban J connectivity index is 1.39. The molecule has 0 unspecified atom stereocenters. The molecule has 7 heteroatoms. The van der Waals surface area contributed by atoms with Gasteiger partial charge < -0.3 is 9.84 Å². The number of aromatic carboxylic acids is 1. The molecule has 0 saturated carbocycles. The van der Waals surface area contributed by atoms with Gasteiger partial charge in [0.25, 0.3) is 0 Å². The minimum Gasteiger partial charge on any atom is -0.494 e. The number of hydrogen-bond donors (Lipinski definition) is 1. The van der Waals surface area contributed by atoms with Gasteiger partial charge in [0.15, 0.2) is 0 Å². The highest BCUT2D eigenvalue weighted by molar-refractivity contribution is 5.88. The van der Waals surface area contributed by atoms with E-state index in [9.17, 15) is 9.90 Å². The van der Waals surface area contributed by atoms with Crippen LogP contribution in [0.5, 0.6) is 5.75 Å². The smallest absolute Gasteiger partial charge is 0.335 e. The largest absolute Gasteiger partial charge is 0.494 e. The molecule has 0 fully saturated rings. The first kappa shape index (κ1) is 25.0. The van der Waals surface area contributed by atoms with Crippen molar-refractivity contribution in [3.63, 3.8) is 0 Å². The fourth-order valence-corrected chi connectivity index (χ4v) is 4.61. The molecule has 6 aromatic rings. The van der Waals surface area contributed by atoms with Crippen LogP contribution in [0.3, 0.4) is 0 Å². The van der Waals surface area contributed by atoms with Gasteiger partial charge in [0.05, 0.1) is 40.3 Å². The van der Waals surface area contributed by atoms with E-state index in [0.717, 1.165) is 56.8 Å². The van der Waals surface area contributed by atoms with Gasteiger partial charge in [-0.15, -0.1) is 0 Å². The van der Waals surface area contributed by atoms with E-state index in [1.807, 2.05) is 54.6 Å². The molecule has 0 spiro atoms. The zero-order valence-corrected chi connectivity index (χ0v) is 21.9. The summed E-state index contributed by atoms with van der Waals surface area (Å²) < 4.78 is 7.48. The van der Waals surface area contributed by atoms with Gasteiger partial charge in [0.1, 0.15) is 5.75 Å². The number of rotatable bonds is 8. The number of hydrogen-bond acceptors (Lipinski definition) is 5. The van der Waals surface area contributed by atoms with Crippen molar-refractivity contribution >= 4 is 17.0 Å². The molecule has 1 N–H and O–H groups in total. The zero-order chi connectivity index (χ0) is 27.5. The van der Waals surface area contributed by atoms with E-state index in [1.54, 1.807) is 35.3 Å². The van der Waals surface area contributed by atoms with E-state index in [4.69, 9.17) is 9.84 Å². The molecule has 2 heterocycles. The first-order chi connectivity index (χ1) is 19.6. The lowest BCUT2D eigenvalue weighted by Gasteiger charge is -2.09. The van der Waals surface area contributed by atoms with Gasteiger partial charge in [-0.2, -0.15) is 5.10 Å². The first-order valence-corrected chi connectivity index (χ1v) is 13.1. The van der Waals surface area contributed by atoms with Crippen molar-refractivity contribution < 1.29 is 14.6 Å². The fraction of sp³-hybridized carbons (Fsp3) is 0.0909. The predicted molar refractivity (Wildman–Crippen MR) is 156 cm³/mol. The highest BCUT2D eigenvalue weighted by atomic mass is 16.5. The number of aromatic nitrogens is 4. The third-order valence-electron chi connectivity index (χ3n) is 6.65. The van der Waals surface area contributed by atoms with Crippen LogP contribution >= 0.6 is 0 Å². The molecule has 4 aromatic carbocycles. The van der Waals surface area contributed by atoms with Gasteiger partial charge >= 0.3 is 5.97 Å². The van der Waals surface area contributed by atoms with Gasteiger partial charge in [-0.05, 0) is 66.1 Å². The van der Waals surface area contributed by atoms with Crippen LogP contribution in [0.25, 0.3) is 50.4 Å². The summed E-state index contributed by atoms with van der Waals surface area (Å²) in [5.41, 5.74) is 8.03. The molecule has 0 aliphatic rings. The first-order valence-electron chi connectivity index (χ1n) is 13.1. The van der Waals surface area contributed by atoms with Crippen molar-refractivity contribution in [1.82, 2.24) is 19.7 Å². The summed E-state index contributed by atoms with van der Waals surface area (Å²) in [6.45, 7) is 2.79. The summed E-state index contributed by atoms with van der Waals surface area (Å²) in [5.74, 6) is -0.121. The Morgan fingerprint density at radius 1 is 0.775 bits per heavy atom. The Kier molecular flexibility index (Phi) is 6.77. The number of nitrogens with zero attached hydrogens (tertiary/aromatic N) is 4. The van der Waals surface area contributed by atoms with Gasteiger partial charge in [-0.25, -0.2) is 9.48 Å². The van der Waals surface area contributed by atoms with Gasteiger partial charge in [0, 0.05) is 23.5 Å². The van der Waals surface area contributed by atoms with Crippen LogP contribution in [-0.2, 0) is 0 Å². The number of carbonyl (C=O) groups is 1. The molecule has 0 aliphatic carbocycles. The average molecular weight is 527 g/mol. The van der Waals surface area contributed by atoms with E-state index in [2.05, 4.69) is 41.2 Å². The van der Waals surface area contributed by atoms with Gasteiger partial charge in [-0.3, -0.25) is 9.97 Å². The Labute approximate surface area is 231 Å². The van der Waals surface area contributed by atoms with E-state index >= 15 is 0 Å². The average Bonchev–Trinajstić information content (AvgIpc) is 3.46. The Bertz CT molecular complexity index is 1810. The molecule has 0 saturated heterocycles. The summed E-state index contributed by atoms with van der Waals surface area (Å²) in [6.07, 6.45) is 4.30. The molecule has 2 aromatic heterocycles. The van der Waals surface area contributed by atoms with Gasteiger partial charge in [-0.1, -0.05) is 55.5 Å². The molecule has 0 atom stereocenters. The molecule has 0 aliphatic heterocycles. The van der Waals surface area contributed by atoms with Crippen molar-refractivity contribution in [1.29, 1.82) is 0 Å². The zero-order valence-electron chi connectivity index (χ0n) is 21.9. The van der Waals surface area contributed by atoms with Gasteiger partial charge in [0.2, 0.25) is 0 Å². The Hall–Kier alpha value is -5.30. The van der Waals surface area contributed by atoms with E-state index < -0.39 is 5.97 Å². The van der Waals surface area contributed by atoms with Crippen LogP contribution in [0, 0.1) is 0 Å². The molecule has 40 heavy (non-hydrogen) atoms. The van der Waals surface area contributed by atoms with Crippen molar-refractivity contribution in [2.45, 2.75) is 13.3 Å². The third kappa shape index (κ3) is 5.05. The SMILES string of the molecule is CCCOc1ccc(-c2ccc(-c3cc(-c4ccc5nccnc5c4)n(-c4cccc(C(=O)O)c4)n3)cc2)cc1. The highest BCUT2D eigenvalue weighted by Crippen LogP contribution is 2.32. The standard InChI is InChI=1S/C33H26N4O3/c1-2-18-40-28-13-10-23(11-14-28)22-6-8-24(9-7-22)30-21-32(25-12-15-29-31(20-25)35-17-16-34-29)37(36-30)27-5-3-4-26(19-27)33(38)39/h3-17,19-21H,2,18H2,1H3,(H,38,39). The maximum absolute atomic E-state index is 11.7.